The fraction of sp³-hybridized carbons (Fsp3) is 0.0833. The van der Waals surface area contributed by atoms with Crippen LogP contribution in [0.15, 0.2) is 36.7 Å². The molecule has 2 aromatic rings. The minimum Gasteiger partial charge on any atom is -0.457 e. The molecule has 1 aromatic heterocycles. The van der Waals surface area contributed by atoms with E-state index < -0.39 is 16.4 Å². The molecule has 5 nitrogen and oxygen atoms in total. The highest BCUT2D eigenvalue weighted by Crippen LogP contribution is 2.30. The predicted octanol–water partition coefficient (Wildman–Crippen LogP) is 3.23. The number of nitro groups is 1. The molecule has 0 N–H and O–H groups in total. The lowest BCUT2D eigenvalue weighted by atomic mass is 10.2. The summed E-state index contributed by atoms with van der Waals surface area (Å²) in [7, 11) is 0. The van der Waals surface area contributed by atoms with Crippen LogP contribution in [-0.4, -0.2) is 9.91 Å². The van der Waals surface area contributed by atoms with Crippen molar-refractivity contribution in [1.82, 2.24) is 4.98 Å². The molecule has 0 bridgehead atoms. The van der Waals surface area contributed by atoms with Crippen LogP contribution >= 0.6 is 0 Å². The first-order valence-electron chi connectivity index (χ1n) is 5.10. The summed E-state index contributed by atoms with van der Waals surface area (Å²) < 4.78 is 18.9. The Hall–Kier alpha value is -2.50. The van der Waals surface area contributed by atoms with E-state index >= 15 is 0 Å². The number of nitro benzene ring substituents is 1. The summed E-state index contributed by atoms with van der Waals surface area (Å²) in [5.41, 5.74) is -0.0745. The highest BCUT2D eigenvalue weighted by molar-refractivity contribution is 5.45. The molecule has 0 radical (unpaired) electrons. The van der Waals surface area contributed by atoms with Crippen molar-refractivity contribution >= 4 is 5.69 Å². The molecule has 0 amide bonds. The molecule has 1 aromatic carbocycles. The summed E-state index contributed by atoms with van der Waals surface area (Å²) in [6.07, 6.45) is 3.07. The van der Waals surface area contributed by atoms with E-state index in [1.54, 1.807) is 19.1 Å². The van der Waals surface area contributed by atoms with E-state index in [1.807, 2.05) is 0 Å². The number of ether oxygens (including phenoxy) is 1. The second kappa shape index (κ2) is 4.79. The monoisotopic (exact) mass is 248 g/mol. The maximum absolute atomic E-state index is 13.4. The zero-order valence-corrected chi connectivity index (χ0v) is 9.46. The summed E-state index contributed by atoms with van der Waals surface area (Å²) in [4.78, 5) is 13.6. The fourth-order valence-corrected chi connectivity index (χ4v) is 1.43. The highest BCUT2D eigenvalue weighted by atomic mass is 19.1. The van der Waals surface area contributed by atoms with Gasteiger partial charge in [-0.05, 0) is 24.6 Å². The van der Waals surface area contributed by atoms with Gasteiger partial charge < -0.3 is 4.74 Å². The Kier molecular flexibility index (Phi) is 3.18. The smallest absolute Gasteiger partial charge is 0.305 e. The van der Waals surface area contributed by atoms with Crippen molar-refractivity contribution in [3.63, 3.8) is 0 Å². The quantitative estimate of drug-likeness (QED) is 0.617. The third kappa shape index (κ3) is 2.42. The molecule has 18 heavy (non-hydrogen) atoms. The molecule has 0 unspecified atom stereocenters. The van der Waals surface area contributed by atoms with E-state index in [2.05, 4.69) is 4.98 Å². The summed E-state index contributed by atoms with van der Waals surface area (Å²) in [5, 5.41) is 10.6. The van der Waals surface area contributed by atoms with Gasteiger partial charge in [0.15, 0.2) is 0 Å². The molecule has 2 rings (SSSR count). The van der Waals surface area contributed by atoms with Gasteiger partial charge in [0.2, 0.25) is 5.82 Å². The average Bonchev–Trinajstić information content (AvgIpc) is 2.34. The number of rotatable bonds is 3. The number of hydrogen-bond donors (Lipinski definition) is 0. The van der Waals surface area contributed by atoms with E-state index in [1.165, 1.54) is 12.4 Å². The molecule has 0 aliphatic rings. The maximum atomic E-state index is 13.4. The zero-order chi connectivity index (χ0) is 13.1. The largest absolute Gasteiger partial charge is 0.457 e. The van der Waals surface area contributed by atoms with Crippen LogP contribution in [0.4, 0.5) is 10.1 Å². The Labute approximate surface area is 102 Å². The maximum Gasteiger partial charge on any atom is 0.305 e. The number of benzene rings is 1. The third-order valence-electron chi connectivity index (χ3n) is 2.32. The first-order valence-corrected chi connectivity index (χ1v) is 5.10. The second-order valence-electron chi connectivity index (χ2n) is 3.61. The summed E-state index contributed by atoms with van der Waals surface area (Å²) in [6.45, 7) is 1.61. The van der Waals surface area contributed by atoms with Gasteiger partial charge in [0.1, 0.15) is 11.5 Å². The van der Waals surface area contributed by atoms with Gasteiger partial charge in [0.25, 0.3) is 0 Å². The molecule has 92 valence electrons. The van der Waals surface area contributed by atoms with Gasteiger partial charge in [-0.3, -0.25) is 15.1 Å². The van der Waals surface area contributed by atoms with Crippen LogP contribution in [0, 0.1) is 22.9 Å². The molecular formula is C12H9FN2O3. The first-order chi connectivity index (χ1) is 8.58. The van der Waals surface area contributed by atoms with Crippen LogP contribution in [0.25, 0.3) is 0 Å². The number of hydrogen-bond acceptors (Lipinski definition) is 4. The van der Waals surface area contributed by atoms with E-state index in [9.17, 15) is 14.5 Å². The molecule has 0 atom stereocenters. The molecule has 0 aliphatic carbocycles. The number of nitrogens with zero attached hydrogens (tertiary/aromatic N) is 2. The van der Waals surface area contributed by atoms with Crippen LogP contribution in [0.3, 0.4) is 0 Å². The summed E-state index contributed by atoms with van der Waals surface area (Å²) >= 11 is 0. The second-order valence-corrected chi connectivity index (χ2v) is 3.61. The van der Waals surface area contributed by atoms with Crippen LogP contribution in [0.5, 0.6) is 11.5 Å². The van der Waals surface area contributed by atoms with Crippen LogP contribution in [0.1, 0.15) is 5.56 Å². The van der Waals surface area contributed by atoms with Crippen LogP contribution < -0.4 is 4.74 Å². The van der Waals surface area contributed by atoms with E-state index in [-0.39, 0.29) is 5.75 Å². The Bertz CT molecular complexity index is 587. The number of pyridine rings is 1. The topological polar surface area (TPSA) is 65.3 Å². The number of halogens is 1. The van der Waals surface area contributed by atoms with Crippen molar-refractivity contribution in [3.05, 3.63) is 58.2 Å². The van der Waals surface area contributed by atoms with Gasteiger partial charge in [-0.1, -0.05) is 0 Å². The van der Waals surface area contributed by atoms with Crippen LogP contribution in [0.2, 0.25) is 0 Å². The van der Waals surface area contributed by atoms with Crippen molar-refractivity contribution in [2.75, 3.05) is 0 Å². The Balaban J connectivity index is 2.35. The third-order valence-corrected chi connectivity index (χ3v) is 2.32. The van der Waals surface area contributed by atoms with Crippen molar-refractivity contribution in [3.8, 4) is 11.5 Å². The zero-order valence-electron chi connectivity index (χ0n) is 9.46. The highest BCUT2D eigenvalue weighted by Gasteiger charge is 2.17. The van der Waals surface area contributed by atoms with Gasteiger partial charge in [0, 0.05) is 24.5 Å². The van der Waals surface area contributed by atoms with Crippen LogP contribution in [-0.2, 0) is 0 Å². The minimum atomic E-state index is -0.922. The lowest BCUT2D eigenvalue weighted by Crippen LogP contribution is -1.96. The number of aromatic nitrogens is 1. The molecule has 0 aliphatic heterocycles. The standard InChI is InChI=1S/C12H9FN2O3/c1-8-6-11(15(16)17)10(13)7-12(8)18-9-2-4-14-5-3-9/h2-7H,1H3. The summed E-state index contributed by atoms with van der Waals surface area (Å²) in [5.74, 6) is -0.194. The summed E-state index contributed by atoms with van der Waals surface area (Å²) in [6, 6.07) is 5.37. The Morgan fingerprint density at radius 2 is 2.00 bits per heavy atom. The van der Waals surface area contributed by atoms with Gasteiger partial charge in [-0.2, -0.15) is 4.39 Å². The fourth-order valence-electron chi connectivity index (χ4n) is 1.43. The lowest BCUT2D eigenvalue weighted by Gasteiger charge is -2.08. The minimum absolute atomic E-state index is 0.240. The van der Waals surface area contributed by atoms with Crippen molar-refractivity contribution in [2.45, 2.75) is 6.92 Å². The van der Waals surface area contributed by atoms with E-state index in [0.717, 1.165) is 12.1 Å². The molecule has 0 spiro atoms. The van der Waals surface area contributed by atoms with E-state index in [4.69, 9.17) is 4.74 Å². The molecule has 6 heteroatoms. The Morgan fingerprint density at radius 1 is 1.33 bits per heavy atom. The SMILES string of the molecule is Cc1cc([N+](=O)[O-])c(F)cc1Oc1ccncc1. The average molecular weight is 248 g/mol. The Morgan fingerprint density at radius 3 is 2.61 bits per heavy atom. The number of aryl methyl sites for hydroxylation is 1. The predicted molar refractivity (Wildman–Crippen MR) is 62.1 cm³/mol. The van der Waals surface area contributed by atoms with Crippen molar-refractivity contribution < 1.29 is 14.1 Å². The molecule has 0 saturated heterocycles. The van der Waals surface area contributed by atoms with E-state index in [0.29, 0.717) is 11.3 Å². The first kappa shape index (κ1) is 12.0. The van der Waals surface area contributed by atoms with Gasteiger partial charge in [-0.15, -0.1) is 0 Å². The van der Waals surface area contributed by atoms with Gasteiger partial charge >= 0.3 is 5.69 Å². The van der Waals surface area contributed by atoms with Crippen molar-refractivity contribution in [2.24, 2.45) is 0 Å². The molecule has 1 heterocycles. The normalized spacial score (nSPS) is 10.1. The lowest BCUT2D eigenvalue weighted by molar-refractivity contribution is -0.387. The molecular weight excluding hydrogens is 239 g/mol. The molecule has 0 saturated carbocycles. The van der Waals surface area contributed by atoms with Gasteiger partial charge in [0.05, 0.1) is 4.92 Å². The molecule has 0 fully saturated rings. The van der Waals surface area contributed by atoms with Gasteiger partial charge in [-0.25, -0.2) is 0 Å². The van der Waals surface area contributed by atoms with Crippen molar-refractivity contribution in [1.29, 1.82) is 0 Å².